The standard InChI is InChI=1S/C10H14O3.C9H12O3.C7H10O2.C6H8O2.C3H7NO2.ClH/c1-13-10(12)6-5-8-3-2-4-9(11)7-8;10-8-3-1-2-7(6-8)4-5-9(11)12;1-9-7-4-2-3-6(8)5-7;7-5-2-1-3-6(8)4-5;1-6-3(5)2-4;/h7H,2-6H2,1H3;6H,1-5H2,(H,11,12);5H,2-4H2,1H3;1-4H2;2,4H2,1H3;1H. The summed E-state index contributed by atoms with van der Waals surface area (Å²) in [6, 6.07) is 0. The molecular formula is C35H52ClNO12. The summed E-state index contributed by atoms with van der Waals surface area (Å²) in [5, 5.41) is 8.40. The van der Waals surface area contributed by atoms with Gasteiger partial charge in [0.05, 0.1) is 40.1 Å². The fourth-order valence-electron chi connectivity index (χ4n) is 4.63. The predicted molar refractivity (Wildman–Crippen MR) is 183 cm³/mol. The van der Waals surface area contributed by atoms with Crippen LogP contribution in [0.5, 0.6) is 0 Å². The van der Waals surface area contributed by atoms with Gasteiger partial charge in [0.2, 0.25) is 0 Å². The van der Waals surface area contributed by atoms with Crippen molar-refractivity contribution >= 4 is 59.2 Å². The van der Waals surface area contributed by atoms with Crippen molar-refractivity contribution in [3.05, 3.63) is 35.1 Å². The van der Waals surface area contributed by atoms with E-state index in [-0.39, 0.29) is 72.6 Å². The number of carbonyl (C=O) groups is 8. The van der Waals surface area contributed by atoms with Gasteiger partial charge in [0.1, 0.15) is 11.6 Å². The van der Waals surface area contributed by atoms with E-state index in [0.717, 1.165) is 61.9 Å². The molecule has 0 amide bonds. The molecule has 0 aromatic rings. The fourth-order valence-corrected chi connectivity index (χ4v) is 4.63. The maximum atomic E-state index is 11.0. The van der Waals surface area contributed by atoms with E-state index in [9.17, 15) is 38.4 Å². The van der Waals surface area contributed by atoms with Gasteiger partial charge >= 0.3 is 17.9 Å². The number of Topliss-reactive ketones (excluding diaryl/α,β-unsaturated/α-hetero) is 2. The number of allylic oxidation sites excluding steroid dienone is 6. The number of hydrogen-bond donors (Lipinski definition) is 2. The molecule has 4 rings (SSSR count). The molecule has 1 fully saturated rings. The maximum absolute atomic E-state index is 11.0. The summed E-state index contributed by atoms with van der Waals surface area (Å²) in [4.78, 5) is 84.3. The van der Waals surface area contributed by atoms with E-state index in [1.807, 2.05) is 0 Å². The van der Waals surface area contributed by atoms with Gasteiger partial charge in [0, 0.05) is 57.4 Å². The lowest BCUT2D eigenvalue weighted by atomic mass is 9.95. The van der Waals surface area contributed by atoms with Crippen molar-refractivity contribution in [3.63, 3.8) is 0 Å². The first-order chi connectivity index (χ1) is 22.8. The van der Waals surface area contributed by atoms with Gasteiger partial charge in [-0.2, -0.15) is 0 Å². The van der Waals surface area contributed by atoms with E-state index < -0.39 is 5.97 Å². The van der Waals surface area contributed by atoms with Crippen LogP contribution in [0.4, 0.5) is 0 Å². The number of rotatable bonds is 8. The van der Waals surface area contributed by atoms with Crippen molar-refractivity contribution in [2.24, 2.45) is 5.73 Å². The van der Waals surface area contributed by atoms with E-state index in [1.165, 1.54) is 14.2 Å². The Morgan fingerprint density at radius 1 is 0.633 bits per heavy atom. The highest BCUT2D eigenvalue weighted by molar-refractivity contribution is 6.01. The van der Waals surface area contributed by atoms with Gasteiger partial charge in [-0.3, -0.25) is 38.4 Å². The molecule has 1 saturated carbocycles. The third kappa shape index (κ3) is 26.6. The molecule has 0 unspecified atom stereocenters. The minimum absolute atomic E-state index is 0. The number of ether oxygens (including phenoxy) is 3. The van der Waals surface area contributed by atoms with E-state index in [0.29, 0.717) is 51.4 Å². The molecule has 49 heavy (non-hydrogen) atoms. The van der Waals surface area contributed by atoms with Crippen LogP contribution in [0.15, 0.2) is 35.1 Å². The second kappa shape index (κ2) is 29.0. The molecule has 14 heteroatoms. The number of halogens is 1. The number of nitrogens with two attached hydrogens (primary N) is 1. The quantitative estimate of drug-likeness (QED) is 0.259. The Balaban J connectivity index is 0. The lowest BCUT2D eigenvalue weighted by Crippen LogP contribution is -2.14. The third-order valence-corrected chi connectivity index (χ3v) is 7.24. The van der Waals surface area contributed by atoms with Crippen LogP contribution in [0.25, 0.3) is 0 Å². The van der Waals surface area contributed by atoms with Crippen molar-refractivity contribution in [2.75, 3.05) is 27.9 Å². The first-order valence-electron chi connectivity index (χ1n) is 16.1. The van der Waals surface area contributed by atoms with Gasteiger partial charge in [-0.1, -0.05) is 11.1 Å². The highest BCUT2D eigenvalue weighted by Gasteiger charge is 2.15. The van der Waals surface area contributed by atoms with Crippen LogP contribution in [0.1, 0.15) is 109 Å². The van der Waals surface area contributed by atoms with Crippen LogP contribution in [-0.4, -0.2) is 79.8 Å². The van der Waals surface area contributed by atoms with E-state index in [1.54, 1.807) is 25.3 Å². The normalized spacial score (nSPS) is 16.7. The number of carboxylic acids is 1. The molecule has 0 aromatic heterocycles. The average molecular weight is 714 g/mol. The molecule has 0 saturated heterocycles. The summed E-state index contributed by atoms with van der Waals surface area (Å²) in [6.07, 6.45) is 16.2. The molecule has 4 aliphatic rings. The Hall–Kier alpha value is -3.97. The number of aliphatic carboxylic acids is 1. The maximum Gasteiger partial charge on any atom is 0.319 e. The molecule has 3 N–H and O–H groups in total. The largest absolute Gasteiger partial charge is 0.501 e. The molecular weight excluding hydrogens is 662 g/mol. The molecule has 13 nitrogen and oxygen atoms in total. The Morgan fingerprint density at radius 2 is 1.06 bits per heavy atom. The molecule has 0 aromatic carbocycles. The second-order valence-corrected chi connectivity index (χ2v) is 11.2. The lowest BCUT2D eigenvalue weighted by molar-refractivity contribution is -0.141. The summed E-state index contributed by atoms with van der Waals surface area (Å²) in [6.45, 7) is -0.0312. The van der Waals surface area contributed by atoms with Gasteiger partial charge in [-0.25, -0.2) is 0 Å². The highest BCUT2D eigenvalue weighted by atomic mass is 35.5. The first kappa shape index (κ1) is 47.1. The van der Waals surface area contributed by atoms with Crippen LogP contribution >= 0.6 is 12.4 Å². The summed E-state index contributed by atoms with van der Waals surface area (Å²) in [5.74, 6) is 0.183. The number of methoxy groups -OCH3 is 3. The van der Waals surface area contributed by atoms with E-state index >= 15 is 0 Å². The summed E-state index contributed by atoms with van der Waals surface area (Å²) in [5.41, 5.74) is 6.89. The SMILES string of the molecule is COC(=O)CCC1=CC(=O)CCC1.COC(=O)CN.COC1=CC(=O)CCC1.Cl.O=C(O)CCC1=CC(=O)CCC1.O=C1CCCC(=O)C1. The van der Waals surface area contributed by atoms with Crippen molar-refractivity contribution in [3.8, 4) is 0 Å². The zero-order chi connectivity index (χ0) is 36.3. The predicted octanol–water partition coefficient (Wildman–Crippen LogP) is 4.66. The smallest absolute Gasteiger partial charge is 0.319 e. The summed E-state index contributed by atoms with van der Waals surface area (Å²) >= 11 is 0. The Labute approximate surface area is 294 Å². The average Bonchev–Trinajstić information content (AvgIpc) is 3.07. The topological polar surface area (TPSA) is 210 Å². The lowest BCUT2D eigenvalue weighted by Gasteiger charge is -2.10. The van der Waals surface area contributed by atoms with Gasteiger partial charge in [-0.05, 0) is 63.5 Å². The monoisotopic (exact) mass is 713 g/mol. The molecule has 4 aliphatic carbocycles. The van der Waals surface area contributed by atoms with Gasteiger partial charge in [0.25, 0.3) is 0 Å². The molecule has 0 bridgehead atoms. The molecule has 0 spiro atoms. The number of carboxylic acid groups (broad SMARTS) is 1. The van der Waals surface area contributed by atoms with Gasteiger partial charge < -0.3 is 25.1 Å². The summed E-state index contributed by atoms with van der Waals surface area (Å²) in [7, 11) is 4.28. The van der Waals surface area contributed by atoms with Crippen molar-refractivity contribution in [1.29, 1.82) is 0 Å². The first-order valence-corrected chi connectivity index (χ1v) is 16.1. The molecule has 0 atom stereocenters. The van der Waals surface area contributed by atoms with Gasteiger partial charge in [0.15, 0.2) is 17.3 Å². The third-order valence-electron chi connectivity index (χ3n) is 7.24. The number of ketones is 5. The second-order valence-electron chi connectivity index (χ2n) is 11.2. The number of hydrogen-bond acceptors (Lipinski definition) is 12. The van der Waals surface area contributed by atoms with Crippen LogP contribution in [0, 0.1) is 0 Å². The minimum Gasteiger partial charge on any atom is -0.501 e. The molecule has 276 valence electrons. The zero-order valence-electron chi connectivity index (χ0n) is 28.9. The van der Waals surface area contributed by atoms with Crippen molar-refractivity contribution < 1.29 is 57.7 Å². The Bertz CT molecular complexity index is 1200. The molecule has 0 radical (unpaired) electrons. The zero-order valence-corrected chi connectivity index (χ0v) is 29.7. The number of esters is 2. The van der Waals surface area contributed by atoms with Crippen LogP contribution in [0.3, 0.4) is 0 Å². The molecule has 0 heterocycles. The van der Waals surface area contributed by atoms with Gasteiger partial charge in [-0.15, -0.1) is 12.4 Å². The fraction of sp³-hybridized carbons (Fsp3) is 0.600. The Morgan fingerprint density at radius 3 is 1.37 bits per heavy atom. The van der Waals surface area contributed by atoms with Crippen molar-refractivity contribution in [2.45, 2.75) is 109 Å². The van der Waals surface area contributed by atoms with Crippen LogP contribution in [-0.2, 0) is 52.6 Å². The van der Waals surface area contributed by atoms with E-state index in [2.05, 4.69) is 9.47 Å². The number of carbonyl (C=O) groups excluding carboxylic acids is 7. The minimum atomic E-state index is -0.797. The summed E-state index contributed by atoms with van der Waals surface area (Å²) < 4.78 is 13.6. The van der Waals surface area contributed by atoms with Crippen LogP contribution in [0.2, 0.25) is 0 Å². The van der Waals surface area contributed by atoms with Crippen molar-refractivity contribution in [1.82, 2.24) is 0 Å². The molecule has 0 aliphatic heterocycles. The Kier molecular flexibility index (Phi) is 27.9. The van der Waals surface area contributed by atoms with E-state index in [4.69, 9.17) is 15.6 Å². The highest BCUT2D eigenvalue weighted by Crippen LogP contribution is 2.20. The van der Waals surface area contributed by atoms with Crippen LogP contribution < -0.4 is 5.73 Å².